The summed E-state index contributed by atoms with van der Waals surface area (Å²) in [6.07, 6.45) is -2.75. The second kappa shape index (κ2) is 5.88. The first-order chi connectivity index (χ1) is 9.84. The maximum absolute atomic E-state index is 12.8. The van der Waals surface area contributed by atoms with Gasteiger partial charge in [-0.05, 0) is 25.0 Å². The second-order valence-electron chi connectivity index (χ2n) is 4.90. The van der Waals surface area contributed by atoms with Gasteiger partial charge in [0.25, 0.3) is 0 Å². The molecule has 0 spiro atoms. The Kier molecular flexibility index (Phi) is 4.36. The van der Waals surface area contributed by atoms with Crippen LogP contribution in [0.25, 0.3) is 0 Å². The summed E-state index contributed by atoms with van der Waals surface area (Å²) in [5, 5.41) is 7.53. The molecular weight excluding hydrogens is 285 g/mol. The van der Waals surface area contributed by atoms with Crippen LogP contribution >= 0.6 is 0 Å². The molecule has 1 aliphatic rings. The first kappa shape index (κ1) is 15.6. The predicted octanol–water partition coefficient (Wildman–Crippen LogP) is 2.00. The highest BCUT2D eigenvalue weighted by Crippen LogP contribution is 2.35. The van der Waals surface area contributed by atoms with E-state index in [1.54, 1.807) is 4.90 Å². The van der Waals surface area contributed by atoms with Gasteiger partial charge in [-0.1, -0.05) is 0 Å². The molecule has 1 aliphatic carbocycles. The van der Waals surface area contributed by atoms with Crippen LogP contribution in [0.5, 0.6) is 0 Å². The molecule has 5 nitrogen and oxygen atoms in total. The number of pyridine rings is 1. The second-order valence-corrected chi connectivity index (χ2v) is 4.90. The fraction of sp³-hybridized carbons (Fsp3) is 0.538. The van der Waals surface area contributed by atoms with Crippen molar-refractivity contribution in [2.75, 3.05) is 25.2 Å². The van der Waals surface area contributed by atoms with E-state index >= 15 is 0 Å². The quantitative estimate of drug-likeness (QED) is 0.622. The van der Waals surface area contributed by atoms with Gasteiger partial charge in [0.15, 0.2) is 0 Å². The molecule has 0 atom stereocenters. The lowest BCUT2D eigenvalue weighted by Gasteiger charge is -2.26. The van der Waals surface area contributed by atoms with E-state index in [2.05, 4.69) is 4.98 Å². The van der Waals surface area contributed by atoms with Crippen LogP contribution < -0.4 is 10.6 Å². The monoisotopic (exact) mass is 302 g/mol. The highest BCUT2D eigenvalue weighted by Gasteiger charge is 2.36. The van der Waals surface area contributed by atoms with Gasteiger partial charge in [-0.3, -0.25) is 5.41 Å². The van der Waals surface area contributed by atoms with Gasteiger partial charge < -0.3 is 15.4 Å². The normalized spacial score (nSPS) is 15.0. The zero-order valence-electron chi connectivity index (χ0n) is 11.6. The topological polar surface area (TPSA) is 75.2 Å². The number of hydrogen-bond acceptors (Lipinski definition) is 4. The van der Waals surface area contributed by atoms with Gasteiger partial charge in [0.1, 0.15) is 17.3 Å². The van der Waals surface area contributed by atoms with E-state index < -0.39 is 11.9 Å². The third kappa shape index (κ3) is 3.63. The van der Waals surface area contributed by atoms with Gasteiger partial charge in [0.05, 0.1) is 12.2 Å². The minimum atomic E-state index is -4.53. The number of halogens is 3. The summed E-state index contributed by atoms with van der Waals surface area (Å²) < 4.78 is 43.5. The third-order valence-corrected chi connectivity index (χ3v) is 3.25. The number of nitrogen functional groups attached to an aromatic ring is 1. The molecule has 1 aromatic rings. The van der Waals surface area contributed by atoms with Crippen molar-refractivity contribution in [3.05, 3.63) is 23.4 Å². The van der Waals surface area contributed by atoms with Crippen LogP contribution in [0.15, 0.2) is 12.1 Å². The Morgan fingerprint density at radius 2 is 2.14 bits per heavy atom. The summed E-state index contributed by atoms with van der Waals surface area (Å²) in [6, 6.07) is 2.19. The molecule has 1 saturated carbocycles. The average Bonchev–Trinajstić information content (AvgIpc) is 3.22. The number of nitrogens with two attached hydrogens (primary N) is 1. The molecule has 21 heavy (non-hydrogen) atoms. The van der Waals surface area contributed by atoms with Crippen molar-refractivity contribution < 1.29 is 17.9 Å². The highest BCUT2D eigenvalue weighted by molar-refractivity contribution is 5.99. The number of alkyl halides is 3. The maximum Gasteiger partial charge on any atom is 0.433 e. The number of methoxy groups -OCH3 is 1. The lowest BCUT2D eigenvalue weighted by molar-refractivity contribution is -0.141. The molecule has 8 heteroatoms. The smallest absolute Gasteiger partial charge is 0.384 e. The van der Waals surface area contributed by atoms with Crippen molar-refractivity contribution in [2.24, 2.45) is 5.73 Å². The molecule has 0 unspecified atom stereocenters. The summed E-state index contributed by atoms with van der Waals surface area (Å²) in [5.74, 6) is -0.189. The Hall–Kier alpha value is -1.83. The van der Waals surface area contributed by atoms with E-state index in [4.69, 9.17) is 15.9 Å². The molecular formula is C13H17F3N4O. The average molecular weight is 302 g/mol. The van der Waals surface area contributed by atoms with Gasteiger partial charge in [-0.25, -0.2) is 4.98 Å². The van der Waals surface area contributed by atoms with Crippen LogP contribution in [0.3, 0.4) is 0 Å². The summed E-state index contributed by atoms with van der Waals surface area (Å²) in [4.78, 5) is 5.45. The number of nitrogens with zero attached hydrogens (tertiary/aromatic N) is 2. The number of hydrogen-bond donors (Lipinski definition) is 2. The molecule has 0 bridgehead atoms. The van der Waals surface area contributed by atoms with Crippen LogP contribution in [-0.4, -0.2) is 37.1 Å². The molecule has 3 N–H and O–H groups in total. The van der Waals surface area contributed by atoms with Crippen molar-refractivity contribution in [1.29, 1.82) is 5.41 Å². The molecule has 2 rings (SSSR count). The Balaban J connectivity index is 2.43. The Morgan fingerprint density at radius 1 is 1.48 bits per heavy atom. The van der Waals surface area contributed by atoms with Gasteiger partial charge in [0.2, 0.25) is 0 Å². The van der Waals surface area contributed by atoms with E-state index in [1.807, 2.05) is 0 Å². The predicted molar refractivity (Wildman–Crippen MR) is 72.5 cm³/mol. The summed E-state index contributed by atoms with van der Waals surface area (Å²) in [7, 11) is 1.52. The van der Waals surface area contributed by atoms with E-state index in [1.165, 1.54) is 13.2 Å². The number of ether oxygens (including phenoxy) is 1. The lowest BCUT2D eigenvalue weighted by atomic mass is 10.2. The molecule has 0 aromatic carbocycles. The fourth-order valence-electron chi connectivity index (χ4n) is 2.07. The Labute approximate surface area is 120 Å². The SMILES string of the molecule is COCCN(c1nc(C(F)(F)F)ccc1C(=N)N)C1CC1. The fourth-order valence-corrected chi connectivity index (χ4v) is 2.07. The first-order valence-corrected chi connectivity index (χ1v) is 6.52. The van der Waals surface area contributed by atoms with Gasteiger partial charge in [0, 0.05) is 19.7 Å². The minimum absolute atomic E-state index is 0.108. The zero-order valence-corrected chi connectivity index (χ0v) is 11.6. The standard InChI is InChI=1S/C13H17F3N4O/c1-21-7-6-20(8-2-3-8)12-9(11(17)18)4-5-10(19-12)13(14,15)16/h4-5,8H,2-3,6-7H2,1H3,(H3,17,18). The number of nitrogens with one attached hydrogen (secondary N) is 1. The van der Waals surface area contributed by atoms with Crippen LogP contribution in [0.1, 0.15) is 24.1 Å². The van der Waals surface area contributed by atoms with Crippen molar-refractivity contribution >= 4 is 11.7 Å². The number of aromatic nitrogens is 1. The van der Waals surface area contributed by atoms with E-state index in [0.29, 0.717) is 13.2 Å². The largest absolute Gasteiger partial charge is 0.433 e. The summed E-state index contributed by atoms with van der Waals surface area (Å²) >= 11 is 0. The highest BCUT2D eigenvalue weighted by atomic mass is 19.4. The molecule has 0 saturated heterocycles. The van der Waals surface area contributed by atoms with Crippen LogP contribution in [-0.2, 0) is 10.9 Å². The van der Waals surface area contributed by atoms with E-state index in [0.717, 1.165) is 18.9 Å². The molecule has 0 radical (unpaired) electrons. The first-order valence-electron chi connectivity index (χ1n) is 6.52. The molecule has 0 amide bonds. The van der Waals surface area contributed by atoms with Crippen LogP contribution in [0, 0.1) is 5.41 Å². The minimum Gasteiger partial charge on any atom is -0.384 e. The summed E-state index contributed by atoms with van der Waals surface area (Å²) in [6.45, 7) is 0.779. The Bertz CT molecular complexity index is 529. The number of rotatable bonds is 6. The number of anilines is 1. The summed E-state index contributed by atoms with van der Waals surface area (Å²) in [5.41, 5.74) is 4.70. The Morgan fingerprint density at radius 3 is 2.62 bits per heavy atom. The van der Waals surface area contributed by atoms with Crippen molar-refractivity contribution in [3.63, 3.8) is 0 Å². The van der Waals surface area contributed by atoms with Gasteiger partial charge in [-0.2, -0.15) is 13.2 Å². The van der Waals surface area contributed by atoms with Crippen molar-refractivity contribution in [1.82, 2.24) is 4.98 Å². The molecule has 0 aliphatic heterocycles. The maximum atomic E-state index is 12.8. The van der Waals surface area contributed by atoms with E-state index in [9.17, 15) is 13.2 Å². The van der Waals surface area contributed by atoms with Gasteiger partial charge >= 0.3 is 6.18 Å². The van der Waals surface area contributed by atoms with Crippen molar-refractivity contribution in [3.8, 4) is 0 Å². The third-order valence-electron chi connectivity index (χ3n) is 3.25. The van der Waals surface area contributed by atoms with Crippen molar-refractivity contribution in [2.45, 2.75) is 25.1 Å². The zero-order chi connectivity index (χ0) is 15.6. The molecule has 1 aromatic heterocycles. The van der Waals surface area contributed by atoms with Crippen LogP contribution in [0.2, 0.25) is 0 Å². The molecule has 116 valence electrons. The number of amidine groups is 1. The van der Waals surface area contributed by atoms with Gasteiger partial charge in [-0.15, -0.1) is 0 Å². The lowest BCUT2D eigenvalue weighted by Crippen LogP contribution is -2.33. The molecule has 1 fully saturated rings. The molecule has 1 heterocycles. The van der Waals surface area contributed by atoms with E-state index in [-0.39, 0.29) is 23.3 Å². The van der Waals surface area contributed by atoms with Crippen LogP contribution in [0.4, 0.5) is 19.0 Å².